The number of nitrogens with one attached hydrogen (secondary N) is 2. The second-order valence-electron chi connectivity index (χ2n) is 4.39. The van der Waals surface area contributed by atoms with Gasteiger partial charge in [0.15, 0.2) is 0 Å². The molecule has 0 heterocycles. The molecule has 4 nitrogen and oxygen atoms in total. The maximum Gasteiger partial charge on any atom is 0.238 e. The summed E-state index contributed by atoms with van der Waals surface area (Å²) in [6, 6.07) is 7.55. The summed E-state index contributed by atoms with van der Waals surface area (Å²) in [5, 5.41) is 14.9. The molecule has 0 aliphatic heterocycles. The van der Waals surface area contributed by atoms with Crippen LogP contribution in [0.1, 0.15) is 13.8 Å². The number of amides is 1. The molecule has 0 aliphatic carbocycles. The molecule has 0 radical (unpaired) electrons. The topological polar surface area (TPSA) is 61.4 Å². The van der Waals surface area contributed by atoms with Crippen LogP contribution in [0, 0.1) is 5.92 Å². The van der Waals surface area contributed by atoms with Gasteiger partial charge in [-0.25, -0.2) is 0 Å². The highest BCUT2D eigenvalue weighted by Gasteiger charge is 2.11. The van der Waals surface area contributed by atoms with Crippen molar-refractivity contribution in [2.45, 2.75) is 19.9 Å². The maximum absolute atomic E-state index is 11.7. The molecule has 3 N–H and O–H groups in total. The van der Waals surface area contributed by atoms with Crippen molar-refractivity contribution in [3.8, 4) is 0 Å². The lowest BCUT2D eigenvalue weighted by Gasteiger charge is -2.18. The van der Waals surface area contributed by atoms with Crippen LogP contribution in [0.3, 0.4) is 0 Å². The van der Waals surface area contributed by atoms with E-state index in [0.29, 0.717) is 0 Å². The van der Waals surface area contributed by atoms with E-state index >= 15 is 0 Å². The van der Waals surface area contributed by atoms with E-state index in [1.54, 1.807) is 0 Å². The van der Waals surface area contributed by atoms with Gasteiger partial charge in [-0.05, 0) is 31.0 Å². The van der Waals surface area contributed by atoms with Crippen molar-refractivity contribution in [1.29, 1.82) is 0 Å². The fourth-order valence-electron chi connectivity index (χ4n) is 1.38. The number of rotatable bonds is 6. The molecular formula is C13H19BrN2O2. The van der Waals surface area contributed by atoms with Crippen LogP contribution in [0.25, 0.3) is 0 Å². The molecular weight excluding hydrogens is 296 g/mol. The molecule has 1 rings (SSSR count). The van der Waals surface area contributed by atoms with Crippen molar-refractivity contribution in [3.05, 3.63) is 28.7 Å². The molecule has 1 aromatic carbocycles. The van der Waals surface area contributed by atoms with Crippen molar-refractivity contribution < 1.29 is 9.90 Å². The standard InChI is InChI=1S/C13H19BrN2O2/c1-9(8-17)10(2)15-7-13(18)16-12-5-3-4-11(14)6-12/h3-6,9-10,15,17H,7-8H2,1-2H3,(H,16,18). The third-order valence-electron chi connectivity index (χ3n) is 2.83. The third kappa shape index (κ3) is 5.16. The minimum absolute atomic E-state index is 0.0925. The summed E-state index contributed by atoms with van der Waals surface area (Å²) < 4.78 is 0.926. The van der Waals surface area contributed by atoms with Gasteiger partial charge in [-0.1, -0.05) is 28.9 Å². The smallest absolute Gasteiger partial charge is 0.238 e. The van der Waals surface area contributed by atoms with Gasteiger partial charge in [0, 0.05) is 22.8 Å². The van der Waals surface area contributed by atoms with Crippen molar-refractivity contribution >= 4 is 27.5 Å². The number of halogens is 1. The molecule has 18 heavy (non-hydrogen) atoms. The van der Waals surface area contributed by atoms with Gasteiger partial charge >= 0.3 is 0 Å². The fourth-order valence-corrected chi connectivity index (χ4v) is 1.78. The molecule has 1 amide bonds. The van der Waals surface area contributed by atoms with Gasteiger partial charge in [0.2, 0.25) is 5.91 Å². The van der Waals surface area contributed by atoms with Crippen LogP contribution >= 0.6 is 15.9 Å². The molecule has 0 aromatic heterocycles. The molecule has 0 bridgehead atoms. The van der Waals surface area contributed by atoms with Crippen LogP contribution in [0.5, 0.6) is 0 Å². The Morgan fingerprint density at radius 1 is 1.44 bits per heavy atom. The lowest BCUT2D eigenvalue weighted by atomic mass is 10.1. The minimum Gasteiger partial charge on any atom is -0.396 e. The average molecular weight is 315 g/mol. The van der Waals surface area contributed by atoms with E-state index in [2.05, 4.69) is 26.6 Å². The van der Waals surface area contributed by atoms with E-state index in [1.165, 1.54) is 0 Å². The lowest BCUT2D eigenvalue weighted by molar-refractivity contribution is -0.115. The second kappa shape index (κ2) is 7.51. The highest BCUT2D eigenvalue weighted by atomic mass is 79.9. The van der Waals surface area contributed by atoms with Crippen LogP contribution in [0.15, 0.2) is 28.7 Å². The number of aliphatic hydroxyl groups is 1. The van der Waals surface area contributed by atoms with Gasteiger partial charge in [-0.2, -0.15) is 0 Å². The third-order valence-corrected chi connectivity index (χ3v) is 3.33. The van der Waals surface area contributed by atoms with Crippen LogP contribution in [-0.2, 0) is 4.79 Å². The molecule has 100 valence electrons. The first-order valence-corrected chi connectivity index (χ1v) is 6.72. The molecule has 2 atom stereocenters. The SMILES string of the molecule is CC(CO)C(C)NCC(=O)Nc1cccc(Br)c1. The molecule has 0 fully saturated rings. The zero-order valence-corrected chi connectivity index (χ0v) is 12.2. The van der Waals surface area contributed by atoms with Crippen molar-refractivity contribution in [2.24, 2.45) is 5.92 Å². The number of aliphatic hydroxyl groups excluding tert-OH is 1. The number of anilines is 1. The molecule has 2 unspecified atom stereocenters. The van der Waals surface area contributed by atoms with Gasteiger partial charge < -0.3 is 15.7 Å². The fraction of sp³-hybridized carbons (Fsp3) is 0.462. The average Bonchev–Trinajstić information content (AvgIpc) is 2.35. The lowest BCUT2D eigenvalue weighted by Crippen LogP contribution is -2.39. The number of hydrogen-bond acceptors (Lipinski definition) is 3. The first kappa shape index (κ1) is 15.1. The summed E-state index contributed by atoms with van der Waals surface area (Å²) in [6.45, 7) is 4.23. The van der Waals surface area contributed by atoms with E-state index in [1.807, 2.05) is 38.1 Å². The first-order chi connectivity index (χ1) is 8.52. The van der Waals surface area contributed by atoms with Crippen LogP contribution in [0.2, 0.25) is 0 Å². The summed E-state index contributed by atoms with van der Waals surface area (Å²) in [7, 11) is 0. The molecule has 5 heteroatoms. The predicted molar refractivity (Wildman–Crippen MR) is 76.5 cm³/mol. The predicted octanol–water partition coefficient (Wildman–Crippen LogP) is 1.99. The molecule has 0 spiro atoms. The normalized spacial score (nSPS) is 14.0. The highest BCUT2D eigenvalue weighted by molar-refractivity contribution is 9.10. The number of benzene rings is 1. The van der Waals surface area contributed by atoms with Crippen LogP contribution in [0.4, 0.5) is 5.69 Å². The van der Waals surface area contributed by atoms with Crippen molar-refractivity contribution in [1.82, 2.24) is 5.32 Å². The number of hydrogen-bond donors (Lipinski definition) is 3. The molecule has 0 aliphatic rings. The Hall–Kier alpha value is -0.910. The van der Waals surface area contributed by atoms with Gasteiger partial charge in [0.25, 0.3) is 0 Å². The van der Waals surface area contributed by atoms with E-state index in [0.717, 1.165) is 10.2 Å². The van der Waals surface area contributed by atoms with E-state index in [-0.39, 0.29) is 31.0 Å². The van der Waals surface area contributed by atoms with Crippen LogP contribution in [-0.4, -0.2) is 30.2 Å². The summed E-state index contributed by atoms with van der Waals surface area (Å²) in [4.78, 5) is 11.7. The van der Waals surface area contributed by atoms with E-state index < -0.39 is 0 Å². The van der Waals surface area contributed by atoms with Gasteiger partial charge in [-0.15, -0.1) is 0 Å². The van der Waals surface area contributed by atoms with Gasteiger partial charge in [0.05, 0.1) is 6.54 Å². The highest BCUT2D eigenvalue weighted by Crippen LogP contribution is 2.15. The summed E-state index contributed by atoms with van der Waals surface area (Å²) in [6.07, 6.45) is 0. The Bertz CT molecular complexity index is 398. The largest absolute Gasteiger partial charge is 0.396 e. The quantitative estimate of drug-likeness (QED) is 0.752. The maximum atomic E-state index is 11.7. The van der Waals surface area contributed by atoms with Gasteiger partial charge in [-0.3, -0.25) is 4.79 Å². The Labute approximate surface area is 116 Å². The van der Waals surface area contributed by atoms with E-state index in [4.69, 9.17) is 5.11 Å². The Morgan fingerprint density at radius 2 is 2.17 bits per heavy atom. The van der Waals surface area contributed by atoms with Crippen molar-refractivity contribution in [2.75, 3.05) is 18.5 Å². The summed E-state index contributed by atoms with van der Waals surface area (Å²) in [5.41, 5.74) is 0.763. The first-order valence-electron chi connectivity index (χ1n) is 5.92. The Balaban J connectivity index is 2.38. The zero-order valence-electron chi connectivity index (χ0n) is 10.6. The molecule has 1 aromatic rings. The summed E-state index contributed by atoms with van der Waals surface area (Å²) >= 11 is 3.35. The Kier molecular flexibility index (Phi) is 6.32. The van der Waals surface area contributed by atoms with Gasteiger partial charge in [0.1, 0.15) is 0 Å². The van der Waals surface area contributed by atoms with Crippen molar-refractivity contribution in [3.63, 3.8) is 0 Å². The summed E-state index contributed by atoms with van der Waals surface area (Å²) in [5.74, 6) is 0.0359. The monoisotopic (exact) mass is 314 g/mol. The van der Waals surface area contributed by atoms with Crippen LogP contribution < -0.4 is 10.6 Å². The minimum atomic E-state index is -0.0925. The Morgan fingerprint density at radius 3 is 2.78 bits per heavy atom. The zero-order chi connectivity index (χ0) is 13.5. The molecule has 0 saturated heterocycles. The molecule has 0 saturated carbocycles. The second-order valence-corrected chi connectivity index (χ2v) is 5.30. The van der Waals surface area contributed by atoms with E-state index in [9.17, 15) is 4.79 Å². The number of carbonyl (C=O) groups is 1. The number of carbonyl (C=O) groups excluding carboxylic acids is 1.